The largest absolute Gasteiger partial charge is 0.0854 e. The fourth-order valence-electron chi connectivity index (χ4n) is 4.71. The van der Waals surface area contributed by atoms with Crippen molar-refractivity contribution in [1.82, 2.24) is 0 Å². The van der Waals surface area contributed by atoms with Crippen molar-refractivity contribution in [3.05, 3.63) is 23.3 Å². The summed E-state index contributed by atoms with van der Waals surface area (Å²) < 4.78 is 0. The standard InChI is InChI=1S/C22H38.C2H6.CH4/c1-16(2)10-11-17(3)14-15-22(6)19(5)12-13-20-18(4)8-7-9-21(20)22;1-2;/h11,13,16,18-19,21H,7-10,12,14-15H2,1-6H3;1-2H3;1H4/b17-11+;;/t18-,19+,21-,22-;;/m1../s1. The normalized spacial score (nSPS) is 32.1. The molecule has 0 heterocycles. The molecule has 1 saturated carbocycles. The predicted octanol–water partition coefficient (Wildman–Crippen LogP) is 8.83. The van der Waals surface area contributed by atoms with Crippen molar-refractivity contribution >= 4 is 0 Å². The smallest absolute Gasteiger partial charge is 0.0144 e. The molecule has 0 nitrogen and oxygen atoms in total. The van der Waals surface area contributed by atoms with E-state index in [0.717, 1.165) is 23.7 Å². The molecule has 0 spiro atoms. The molecule has 0 aromatic carbocycles. The zero-order chi connectivity index (χ0) is 18.3. The molecule has 1 fully saturated rings. The first kappa shape index (κ1) is 24.5. The van der Waals surface area contributed by atoms with Crippen molar-refractivity contribution in [2.75, 3.05) is 0 Å². The van der Waals surface area contributed by atoms with Crippen molar-refractivity contribution < 1.29 is 0 Å². The number of rotatable bonds is 5. The summed E-state index contributed by atoms with van der Waals surface area (Å²) in [4.78, 5) is 0. The zero-order valence-corrected chi connectivity index (χ0v) is 17.9. The van der Waals surface area contributed by atoms with E-state index in [0.29, 0.717) is 5.41 Å². The SMILES string of the molecule is C.C/C(=C\CC(C)C)CC[C@@]1(C)[C@@H]2CCC[C@@H](C)C2=CC[C@@H]1C.CC. The Morgan fingerprint density at radius 3 is 2.48 bits per heavy atom. The van der Waals surface area contributed by atoms with Crippen LogP contribution in [0.15, 0.2) is 23.3 Å². The van der Waals surface area contributed by atoms with Gasteiger partial charge in [0.05, 0.1) is 0 Å². The number of allylic oxidation sites excluding steroid dienone is 4. The van der Waals surface area contributed by atoms with Crippen molar-refractivity contribution in [2.24, 2.45) is 29.1 Å². The first-order chi connectivity index (χ1) is 11.3. The highest BCUT2D eigenvalue weighted by atomic mass is 14.5. The Hall–Kier alpha value is -0.520. The van der Waals surface area contributed by atoms with Gasteiger partial charge < -0.3 is 0 Å². The van der Waals surface area contributed by atoms with Crippen LogP contribution in [0.3, 0.4) is 0 Å². The van der Waals surface area contributed by atoms with Gasteiger partial charge >= 0.3 is 0 Å². The number of hydrogen-bond donors (Lipinski definition) is 0. The third-order valence-corrected chi connectivity index (χ3v) is 6.73. The molecule has 148 valence electrons. The summed E-state index contributed by atoms with van der Waals surface area (Å²) in [6, 6.07) is 0. The van der Waals surface area contributed by atoms with Crippen LogP contribution >= 0.6 is 0 Å². The third-order valence-electron chi connectivity index (χ3n) is 6.73. The van der Waals surface area contributed by atoms with Gasteiger partial charge in [-0.15, -0.1) is 0 Å². The minimum absolute atomic E-state index is 0. The van der Waals surface area contributed by atoms with Crippen LogP contribution in [0.2, 0.25) is 0 Å². The summed E-state index contributed by atoms with van der Waals surface area (Å²) in [6.45, 7) is 18.5. The first-order valence-electron chi connectivity index (χ1n) is 10.7. The molecule has 0 heteroatoms. The maximum absolute atomic E-state index is 2.61. The second-order valence-corrected chi connectivity index (χ2v) is 8.91. The molecule has 2 rings (SSSR count). The predicted molar refractivity (Wildman–Crippen MR) is 117 cm³/mol. The topological polar surface area (TPSA) is 0 Å². The highest BCUT2D eigenvalue weighted by molar-refractivity contribution is 5.21. The van der Waals surface area contributed by atoms with Crippen LogP contribution in [0.5, 0.6) is 0 Å². The van der Waals surface area contributed by atoms with Crippen molar-refractivity contribution in [3.8, 4) is 0 Å². The van der Waals surface area contributed by atoms with Crippen LogP contribution in [0.4, 0.5) is 0 Å². The lowest BCUT2D eigenvalue weighted by molar-refractivity contribution is 0.0738. The van der Waals surface area contributed by atoms with E-state index in [1.165, 1.54) is 44.9 Å². The van der Waals surface area contributed by atoms with E-state index in [1.54, 1.807) is 5.57 Å². The maximum Gasteiger partial charge on any atom is -0.0144 e. The van der Waals surface area contributed by atoms with Gasteiger partial charge in [-0.2, -0.15) is 0 Å². The van der Waals surface area contributed by atoms with Crippen LogP contribution < -0.4 is 0 Å². The number of fused-ring (bicyclic) bond motifs is 1. The van der Waals surface area contributed by atoms with Gasteiger partial charge in [0.1, 0.15) is 0 Å². The molecule has 0 amide bonds. The van der Waals surface area contributed by atoms with Crippen LogP contribution in [-0.2, 0) is 0 Å². The summed E-state index contributed by atoms with van der Waals surface area (Å²) in [5, 5.41) is 0. The van der Waals surface area contributed by atoms with Crippen molar-refractivity contribution in [1.29, 1.82) is 0 Å². The Bertz CT molecular complexity index is 425. The molecule has 4 atom stereocenters. The first-order valence-corrected chi connectivity index (χ1v) is 10.7. The average molecular weight is 349 g/mol. The highest BCUT2D eigenvalue weighted by Gasteiger charge is 2.44. The second kappa shape index (κ2) is 11.2. The fraction of sp³-hybridized carbons (Fsp3) is 0.840. The Morgan fingerprint density at radius 1 is 1.24 bits per heavy atom. The molecule has 0 N–H and O–H groups in total. The highest BCUT2D eigenvalue weighted by Crippen LogP contribution is 2.54. The molecule has 0 saturated heterocycles. The lowest BCUT2D eigenvalue weighted by Crippen LogP contribution is -2.41. The Kier molecular flexibility index (Phi) is 11.0. The molecule has 25 heavy (non-hydrogen) atoms. The summed E-state index contributed by atoms with van der Waals surface area (Å²) in [5.74, 6) is 3.32. The van der Waals surface area contributed by atoms with Crippen molar-refractivity contribution in [2.45, 2.75) is 108 Å². The summed E-state index contributed by atoms with van der Waals surface area (Å²) in [5.41, 5.74) is 3.95. The molecule has 0 aliphatic heterocycles. The lowest BCUT2D eigenvalue weighted by Gasteiger charge is -2.50. The molecule has 0 bridgehead atoms. The quantitative estimate of drug-likeness (QED) is 0.435. The molecule has 0 aromatic rings. The van der Waals surface area contributed by atoms with E-state index < -0.39 is 0 Å². The van der Waals surface area contributed by atoms with Gasteiger partial charge in [-0.25, -0.2) is 0 Å². The summed E-state index contributed by atoms with van der Waals surface area (Å²) in [7, 11) is 0. The van der Waals surface area contributed by atoms with E-state index in [2.05, 4.69) is 53.7 Å². The molecule has 2 aliphatic rings. The van der Waals surface area contributed by atoms with Crippen LogP contribution in [-0.4, -0.2) is 0 Å². The average Bonchev–Trinajstić information content (AvgIpc) is 2.57. The van der Waals surface area contributed by atoms with Gasteiger partial charge in [0.25, 0.3) is 0 Å². The van der Waals surface area contributed by atoms with Gasteiger partial charge in [0.2, 0.25) is 0 Å². The molecule has 0 unspecified atom stereocenters. The summed E-state index contributed by atoms with van der Waals surface area (Å²) in [6.07, 6.45) is 14.6. The summed E-state index contributed by atoms with van der Waals surface area (Å²) >= 11 is 0. The van der Waals surface area contributed by atoms with Crippen molar-refractivity contribution in [3.63, 3.8) is 0 Å². The molecular weight excluding hydrogens is 300 g/mol. The monoisotopic (exact) mass is 348 g/mol. The maximum atomic E-state index is 2.61. The Morgan fingerprint density at radius 2 is 1.88 bits per heavy atom. The molecule has 0 aromatic heterocycles. The van der Waals surface area contributed by atoms with Crippen LogP contribution in [0.25, 0.3) is 0 Å². The van der Waals surface area contributed by atoms with E-state index in [9.17, 15) is 0 Å². The fourth-order valence-corrected chi connectivity index (χ4v) is 4.71. The zero-order valence-electron chi connectivity index (χ0n) is 17.9. The van der Waals surface area contributed by atoms with E-state index in [4.69, 9.17) is 0 Å². The van der Waals surface area contributed by atoms with Gasteiger partial charge in [0, 0.05) is 0 Å². The van der Waals surface area contributed by atoms with Gasteiger partial charge in [0.15, 0.2) is 0 Å². The third kappa shape index (κ3) is 6.30. The Labute approximate surface area is 160 Å². The number of hydrogen-bond acceptors (Lipinski definition) is 0. The van der Waals surface area contributed by atoms with Gasteiger partial charge in [-0.1, -0.05) is 85.6 Å². The minimum atomic E-state index is 0. The van der Waals surface area contributed by atoms with Crippen LogP contribution in [0.1, 0.15) is 108 Å². The molecule has 0 radical (unpaired) electrons. The van der Waals surface area contributed by atoms with E-state index >= 15 is 0 Å². The molecule has 2 aliphatic carbocycles. The van der Waals surface area contributed by atoms with E-state index in [-0.39, 0.29) is 7.43 Å². The minimum Gasteiger partial charge on any atom is -0.0854 e. The lowest BCUT2D eigenvalue weighted by atomic mass is 9.55. The Balaban J connectivity index is 0.00000185. The second-order valence-electron chi connectivity index (χ2n) is 8.91. The van der Waals surface area contributed by atoms with Gasteiger partial charge in [-0.3, -0.25) is 0 Å². The van der Waals surface area contributed by atoms with Crippen LogP contribution in [0, 0.1) is 29.1 Å². The van der Waals surface area contributed by atoms with E-state index in [1.807, 2.05) is 19.4 Å². The molecular formula is C25H48. The van der Waals surface area contributed by atoms with Gasteiger partial charge in [-0.05, 0) is 74.5 Å².